The van der Waals surface area contributed by atoms with Gasteiger partial charge in [-0.3, -0.25) is 14.9 Å². The van der Waals surface area contributed by atoms with Gasteiger partial charge in [0.1, 0.15) is 0 Å². The Morgan fingerprint density at radius 1 is 1.26 bits per heavy atom. The zero-order valence-corrected chi connectivity index (χ0v) is 13.5. The summed E-state index contributed by atoms with van der Waals surface area (Å²) in [7, 11) is 0. The summed E-state index contributed by atoms with van der Waals surface area (Å²) in [5, 5.41) is 17.4. The van der Waals surface area contributed by atoms with Gasteiger partial charge in [-0.1, -0.05) is 28.1 Å². The number of carbonyl (C=O) groups excluding carboxylic acids is 1. The fourth-order valence-corrected chi connectivity index (χ4v) is 1.95. The maximum atomic E-state index is 11.6. The molecule has 0 radical (unpaired) electrons. The van der Waals surface area contributed by atoms with Crippen LogP contribution in [0.2, 0.25) is 0 Å². The highest BCUT2D eigenvalue weighted by molar-refractivity contribution is 9.10. The molecule has 1 amide bonds. The first kappa shape index (κ1) is 16.6. The highest BCUT2D eigenvalue weighted by Crippen LogP contribution is 2.13. The molecule has 0 bridgehead atoms. The maximum Gasteiger partial charge on any atom is 0.270 e. The fraction of sp³-hybridized carbons (Fsp3) is 0.0667. The predicted molar refractivity (Wildman–Crippen MR) is 91.5 cm³/mol. The van der Waals surface area contributed by atoms with Crippen LogP contribution in [0.4, 0.5) is 11.4 Å². The molecule has 0 heterocycles. The summed E-state index contributed by atoms with van der Waals surface area (Å²) in [6, 6.07) is 13.4. The molecule has 2 N–H and O–H groups in total. The van der Waals surface area contributed by atoms with Crippen LogP contribution >= 0.6 is 15.9 Å². The van der Waals surface area contributed by atoms with Gasteiger partial charge in [0.15, 0.2) is 0 Å². The molecule has 118 valence electrons. The molecule has 0 aliphatic heterocycles. The quantitative estimate of drug-likeness (QED) is 0.460. The van der Waals surface area contributed by atoms with Crippen molar-refractivity contribution in [1.82, 2.24) is 5.43 Å². The summed E-state index contributed by atoms with van der Waals surface area (Å²) in [4.78, 5) is 21.8. The van der Waals surface area contributed by atoms with Crippen molar-refractivity contribution in [2.75, 3.05) is 11.9 Å². The summed E-state index contributed by atoms with van der Waals surface area (Å²) in [5.41, 5.74) is 3.66. The minimum Gasteiger partial charge on any atom is -0.376 e. The molecule has 0 saturated heterocycles. The van der Waals surface area contributed by atoms with E-state index in [0.717, 1.165) is 10.2 Å². The van der Waals surface area contributed by atoms with Crippen LogP contribution < -0.4 is 10.7 Å². The lowest BCUT2D eigenvalue weighted by Crippen LogP contribution is -2.25. The molecule has 0 saturated carbocycles. The van der Waals surface area contributed by atoms with Crippen LogP contribution in [-0.4, -0.2) is 23.6 Å². The van der Waals surface area contributed by atoms with Crippen molar-refractivity contribution in [3.05, 3.63) is 68.7 Å². The van der Waals surface area contributed by atoms with Gasteiger partial charge < -0.3 is 5.32 Å². The lowest BCUT2D eigenvalue weighted by molar-refractivity contribution is -0.384. The minimum absolute atomic E-state index is 0.0304. The van der Waals surface area contributed by atoms with Crippen molar-refractivity contribution in [2.45, 2.75) is 0 Å². The van der Waals surface area contributed by atoms with E-state index in [-0.39, 0.29) is 18.1 Å². The number of halogens is 1. The third kappa shape index (κ3) is 5.51. The summed E-state index contributed by atoms with van der Waals surface area (Å²) in [5.74, 6) is -0.324. The Labute approximate surface area is 140 Å². The SMILES string of the molecule is O=C(CNc1ccc(Br)cc1)NN=Cc1cccc([N+](=O)[O-])c1. The standard InChI is InChI=1S/C15H13BrN4O3/c16-12-4-6-13(7-5-12)17-10-15(21)19-18-9-11-2-1-3-14(8-11)20(22)23/h1-9,17H,10H2,(H,19,21). The lowest BCUT2D eigenvalue weighted by Gasteiger charge is -2.05. The summed E-state index contributed by atoms with van der Waals surface area (Å²) in [6.45, 7) is 0.0634. The van der Waals surface area contributed by atoms with Crippen LogP contribution in [0, 0.1) is 10.1 Å². The van der Waals surface area contributed by atoms with E-state index >= 15 is 0 Å². The van der Waals surface area contributed by atoms with Gasteiger partial charge in [0, 0.05) is 27.9 Å². The van der Waals surface area contributed by atoms with Crippen LogP contribution in [-0.2, 0) is 4.79 Å². The second kappa shape index (κ2) is 8.04. The average Bonchev–Trinajstić information content (AvgIpc) is 2.54. The highest BCUT2D eigenvalue weighted by Gasteiger charge is 2.04. The minimum atomic E-state index is -0.488. The summed E-state index contributed by atoms with van der Waals surface area (Å²) >= 11 is 3.33. The Hall–Kier alpha value is -2.74. The number of rotatable bonds is 6. The van der Waals surface area contributed by atoms with Crippen LogP contribution in [0.5, 0.6) is 0 Å². The Kier molecular flexibility index (Phi) is 5.81. The number of anilines is 1. The topological polar surface area (TPSA) is 96.6 Å². The molecule has 0 aliphatic carbocycles. The first-order valence-electron chi connectivity index (χ1n) is 6.60. The number of hydrogen-bond donors (Lipinski definition) is 2. The van der Waals surface area contributed by atoms with Crippen LogP contribution in [0.1, 0.15) is 5.56 Å². The van der Waals surface area contributed by atoms with E-state index < -0.39 is 4.92 Å². The highest BCUT2D eigenvalue weighted by atomic mass is 79.9. The number of benzene rings is 2. The zero-order valence-electron chi connectivity index (χ0n) is 11.9. The molecule has 0 aliphatic rings. The van der Waals surface area contributed by atoms with Crippen LogP contribution in [0.3, 0.4) is 0 Å². The number of hydrogen-bond acceptors (Lipinski definition) is 5. The Morgan fingerprint density at radius 3 is 2.70 bits per heavy atom. The van der Waals surface area contributed by atoms with Gasteiger partial charge in [0.2, 0.25) is 0 Å². The molecule has 7 nitrogen and oxygen atoms in total. The van der Waals surface area contributed by atoms with E-state index in [0.29, 0.717) is 5.56 Å². The van der Waals surface area contributed by atoms with Gasteiger partial charge in [-0.2, -0.15) is 5.10 Å². The third-order valence-corrected chi connectivity index (χ3v) is 3.31. The van der Waals surface area contributed by atoms with Gasteiger partial charge in [-0.15, -0.1) is 0 Å². The number of nitro benzene ring substituents is 1. The van der Waals surface area contributed by atoms with Crippen molar-refractivity contribution < 1.29 is 9.72 Å². The van der Waals surface area contributed by atoms with E-state index in [1.165, 1.54) is 18.3 Å². The van der Waals surface area contributed by atoms with E-state index in [2.05, 4.69) is 31.8 Å². The van der Waals surface area contributed by atoms with Gasteiger partial charge in [-0.25, -0.2) is 5.43 Å². The smallest absolute Gasteiger partial charge is 0.270 e. The van der Waals surface area contributed by atoms with E-state index in [4.69, 9.17) is 0 Å². The monoisotopic (exact) mass is 376 g/mol. The molecule has 2 rings (SSSR count). The first-order valence-corrected chi connectivity index (χ1v) is 7.40. The predicted octanol–water partition coefficient (Wildman–Crippen LogP) is 2.92. The number of carbonyl (C=O) groups is 1. The number of nitro groups is 1. The Balaban J connectivity index is 1.83. The molecule has 0 unspecified atom stereocenters. The molecule has 0 spiro atoms. The zero-order chi connectivity index (χ0) is 16.7. The molecule has 8 heteroatoms. The number of non-ortho nitro benzene ring substituents is 1. The second-order valence-electron chi connectivity index (χ2n) is 4.51. The third-order valence-electron chi connectivity index (χ3n) is 2.78. The van der Waals surface area contributed by atoms with Crippen LogP contribution in [0.15, 0.2) is 58.1 Å². The second-order valence-corrected chi connectivity index (χ2v) is 5.42. The first-order chi connectivity index (χ1) is 11.0. The molecule has 23 heavy (non-hydrogen) atoms. The van der Waals surface area contributed by atoms with Crippen molar-refractivity contribution in [2.24, 2.45) is 5.10 Å². The van der Waals surface area contributed by atoms with Crippen molar-refractivity contribution in [3.8, 4) is 0 Å². The maximum absolute atomic E-state index is 11.6. The van der Waals surface area contributed by atoms with Crippen molar-refractivity contribution >= 4 is 39.4 Å². The summed E-state index contributed by atoms with van der Waals surface area (Å²) in [6.07, 6.45) is 1.35. The average molecular weight is 377 g/mol. The largest absolute Gasteiger partial charge is 0.376 e. The molecular weight excluding hydrogens is 364 g/mol. The van der Waals surface area contributed by atoms with Gasteiger partial charge >= 0.3 is 0 Å². The molecule has 2 aromatic carbocycles. The number of nitrogens with one attached hydrogen (secondary N) is 2. The van der Waals surface area contributed by atoms with Crippen LogP contribution in [0.25, 0.3) is 0 Å². The van der Waals surface area contributed by atoms with Crippen molar-refractivity contribution in [3.63, 3.8) is 0 Å². The normalized spacial score (nSPS) is 10.5. The number of hydrazone groups is 1. The Bertz CT molecular complexity index is 732. The van der Waals surface area contributed by atoms with E-state index in [1.807, 2.05) is 24.3 Å². The van der Waals surface area contributed by atoms with Gasteiger partial charge in [-0.05, 0) is 24.3 Å². The molecular formula is C15H13BrN4O3. The lowest BCUT2D eigenvalue weighted by atomic mass is 10.2. The van der Waals surface area contributed by atoms with Crippen molar-refractivity contribution in [1.29, 1.82) is 0 Å². The van der Waals surface area contributed by atoms with E-state index in [9.17, 15) is 14.9 Å². The number of amides is 1. The molecule has 0 aromatic heterocycles. The summed E-state index contributed by atoms with van der Waals surface area (Å²) < 4.78 is 0.953. The number of nitrogens with zero attached hydrogens (tertiary/aromatic N) is 2. The van der Waals surface area contributed by atoms with E-state index in [1.54, 1.807) is 12.1 Å². The molecule has 2 aromatic rings. The Morgan fingerprint density at radius 2 is 2.00 bits per heavy atom. The fourth-order valence-electron chi connectivity index (χ4n) is 1.69. The molecule has 0 atom stereocenters. The van der Waals surface area contributed by atoms with Gasteiger partial charge in [0.25, 0.3) is 11.6 Å². The van der Waals surface area contributed by atoms with Gasteiger partial charge in [0.05, 0.1) is 17.7 Å². The molecule has 0 fully saturated rings.